The highest BCUT2D eigenvalue weighted by Crippen LogP contribution is 2.22. The molecule has 1 aliphatic heterocycles. The third-order valence-electron chi connectivity index (χ3n) is 4.92. The van der Waals surface area contributed by atoms with Crippen molar-refractivity contribution in [1.82, 2.24) is 14.7 Å². The summed E-state index contributed by atoms with van der Waals surface area (Å²) < 4.78 is 11.1. The Morgan fingerprint density at radius 2 is 1.59 bits per heavy atom. The van der Waals surface area contributed by atoms with Gasteiger partial charge in [0.15, 0.2) is 0 Å². The van der Waals surface area contributed by atoms with E-state index in [0.29, 0.717) is 0 Å². The maximum absolute atomic E-state index is 13.4. The maximum atomic E-state index is 13.4. The van der Waals surface area contributed by atoms with Gasteiger partial charge in [-0.2, -0.15) is 4.99 Å². The van der Waals surface area contributed by atoms with Gasteiger partial charge in [-0.1, -0.05) is 29.8 Å². The summed E-state index contributed by atoms with van der Waals surface area (Å²) in [5, 5.41) is 0. The summed E-state index contributed by atoms with van der Waals surface area (Å²) >= 11 is 0. The molecule has 0 N–H and O–H groups in total. The predicted molar refractivity (Wildman–Crippen MR) is 131 cm³/mol. The average molecular weight is 475 g/mol. The number of aryl methyl sites for hydroxylation is 1. The molecule has 1 saturated heterocycles. The largest absolute Gasteiger partial charge is 0.443 e. The first-order valence-electron chi connectivity index (χ1n) is 11.4. The third kappa shape index (κ3) is 8.04. The zero-order valence-electron chi connectivity index (χ0n) is 21.8. The van der Waals surface area contributed by atoms with Crippen LogP contribution in [0, 0.1) is 12.8 Å². The molecular formula is C25H38N4O5. The monoisotopic (exact) mass is 474 g/mol. The quantitative estimate of drug-likeness (QED) is 0.469. The Morgan fingerprint density at radius 3 is 2.09 bits per heavy atom. The molecular weight excluding hydrogens is 436 g/mol. The van der Waals surface area contributed by atoms with Gasteiger partial charge in [-0.05, 0) is 54.0 Å². The summed E-state index contributed by atoms with van der Waals surface area (Å²) in [5.74, 6) is -0.214. The van der Waals surface area contributed by atoms with Gasteiger partial charge in [0.1, 0.15) is 17.0 Å². The molecule has 1 aromatic rings. The number of carbonyl (C=O) groups is 3. The van der Waals surface area contributed by atoms with Crippen LogP contribution in [0.5, 0.6) is 0 Å². The van der Waals surface area contributed by atoms with E-state index in [4.69, 9.17) is 9.47 Å². The van der Waals surface area contributed by atoms with Crippen molar-refractivity contribution in [3.63, 3.8) is 0 Å². The fourth-order valence-electron chi connectivity index (χ4n) is 3.63. The fourth-order valence-corrected chi connectivity index (χ4v) is 3.63. The van der Waals surface area contributed by atoms with Crippen LogP contribution in [0.15, 0.2) is 29.3 Å². The second-order valence-electron chi connectivity index (χ2n) is 10.7. The molecule has 0 saturated carbocycles. The van der Waals surface area contributed by atoms with Gasteiger partial charge in [0.25, 0.3) is 0 Å². The Morgan fingerprint density at radius 1 is 1.03 bits per heavy atom. The Labute approximate surface area is 202 Å². The lowest BCUT2D eigenvalue weighted by atomic mass is 10.0. The smallest absolute Gasteiger partial charge is 0.435 e. The summed E-state index contributed by atoms with van der Waals surface area (Å²) in [7, 11) is 3.35. The molecule has 0 unspecified atom stereocenters. The molecule has 1 heterocycles. The molecule has 0 radical (unpaired) electrons. The predicted octanol–water partition coefficient (Wildman–Crippen LogP) is 4.68. The topological polar surface area (TPSA) is 91.7 Å². The van der Waals surface area contributed by atoms with Gasteiger partial charge in [-0.15, -0.1) is 0 Å². The van der Waals surface area contributed by atoms with Crippen molar-refractivity contribution < 1.29 is 23.9 Å². The molecule has 0 aromatic heterocycles. The molecule has 9 heteroatoms. The highest BCUT2D eigenvalue weighted by molar-refractivity contribution is 6.02. The van der Waals surface area contributed by atoms with Crippen LogP contribution < -0.4 is 0 Å². The summed E-state index contributed by atoms with van der Waals surface area (Å²) in [6.45, 7) is 13.3. The molecule has 9 nitrogen and oxygen atoms in total. The molecule has 1 fully saturated rings. The summed E-state index contributed by atoms with van der Waals surface area (Å²) in [5.41, 5.74) is 0.385. The van der Waals surface area contributed by atoms with Gasteiger partial charge in [0, 0.05) is 27.2 Å². The molecule has 4 amide bonds. The number of carbonyl (C=O) groups excluding carboxylic acids is 3. The number of hydrogen-bond donors (Lipinski definition) is 0. The van der Waals surface area contributed by atoms with E-state index in [1.54, 1.807) is 65.4 Å². The van der Waals surface area contributed by atoms with Crippen molar-refractivity contribution in [1.29, 1.82) is 0 Å². The maximum Gasteiger partial charge on any atom is 0.435 e. The Hall–Kier alpha value is -3.10. The van der Waals surface area contributed by atoms with Crippen molar-refractivity contribution in [3.8, 4) is 0 Å². The minimum atomic E-state index is -0.803. The van der Waals surface area contributed by atoms with Gasteiger partial charge in [0.05, 0.1) is 12.5 Å². The molecule has 0 atom stereocenters. The van der Waals surface area contributed by atoms with Crippen LogP contribution in [-0.4, -0.2) is 77.1 Å². The van der Waals surface area contributed by atoms with Crippen LogP contribution in [0.4, 0.5) is 14.4 Å². The first kappa shape index (κ1) is 27.1. The average Bonchev–Trinajstić information content (AvgIpc) is 2.65. The lowest BCUT2D eigenvalue weighted by molar-refractivity contribution is 0.0343. The Kier molecular flexibility index (Phi) is 8.34. The number of urea groups is 1. The first-order chi connectivity index (χ1) is 15.6. The minimum Gasteiger partial charge on any atom is -0.443 e. The normalized spacial score (nSPS) is 15.9. The van der Waals surface area contributed by atoms with Gasteiger partial charge in [0.2, 0.25) is 0 Å². The van der Waals surface area contributed by atoms with E-state index in [-0.39, 0.29) is 31.5 Å². The third-order valence-corrected chi connectivity index (χ3v) is 4.92. The second-order valence-corrected chi connectivity index (χ2v) is 10.7. The highest BCUT2D eigenvalue weighted by atomic mass is 16.6. The lowest BCUT2D eigenvalue weighted by Crippen LogP contribution is -2.56. The number of benzene rings is 1. The van der Waals surface area contributed by atoms with E-state index in [1.165, 1.54) is 4.90 Å². The van der Waals surface area contributed by atoms with E-state index in [9.17, 15) is 14.4 Å². The number of amides is 4. The van der Waals surface area contributed by atoms with Crippen LogP contribution in [0.1, 0.15) is 52.7 Å². The lowest BCUT2D eigenvalue weighted by Gasteiger charge is -2.39. The highest BCUT2D eigenvalue weighted by Gasteiger charge is 2.37. The van der Waals surface area contributed by atoms with E-state index in [1.807, 2.05) is 31.2 Å². The van der Waals surface area contributed by atoms with Crippen LogP contribution in [0.3, 0.4) is 0 Å². The van der Waals surface area contributed by atoms with Gasteiger partial charge in [-0.3, -0.25) is 4.90 Å². The number of rotatable bonds is 3. The van der Waals surface area contributed by atoms with E-state index in [0.717, 1.165) is 11.1 Å². The van der Waals surface area contributed by atoms with Crippen LogP contribution in [0.2, 0.25) is 0 Å². The van der Waals surface area contributed by atoms with Crippen LogP contribution in [-0.2, 0) is 16.0 Å². The van der Waals surface area contributed by atoms with E-state index < -0.39 is 29.3 Å². The molecule has 1 aliphatic rings. The molecule has 0 bridgehead atoms. The molecule has 2 rings (SSSR count). The zero-order valence-corrected chi connectivity index (χ0v) is 21.8. The zero-order chi connectivity index (χ0) is 25.8. The first-order valence-corrected chi connectivity index (χ1v) is 11.4. The van der Waals surface area contributed by atoms with Crippen molar-refractivity contribution in [2.45, 2.75) is 66.2 Å². The van der Waals surface area contributed by atoms with Gasteiger partial charge >= 0.3 is 18.2 Å². The molecule has 188 valence electrons. The molecule has 0 aliphatic carbocycles. The van der Waals surface area contributed by atoms with E-state index >= 15 is 0 Å². The van der Waals surface area contributed by atoms with Crippen molar-refractivity contribution in [3.05, 3.63) is 35.4 Å². The summed E-state index contributed by atoms with van der Waals surface area (Å²) in [6, 6.07) is 7.59. The molecule has 34 heavy (non-hydrogen) atoms. The van der Waals surface area contributed by atoms with Crippen molar-refractivity contribution >= 4 is 24.1 Å². The van der Waals surface area contributed by atoms with Gasteiger partial charge < -0.3 is 19.3 Å². The SMILES string of the molecule is Cc1cccc(CN(C(=O)OC(C)(C)C)C(=NC(=O)OC(C)(C)C)C2CN(C)C(=O)N(C)C2)c1. The van der Waals surface area contributed by atoms with Crippen molar-refractivity contribution in [2.75, 3.05) is 27.2 Å². The van der Waals surface area contributed by atoms with E-state index in [2.05, 4.69) is 4.99 Å². The summed E-state index contributed by atoms with van der Waals surface area (Å²) in [6.07, 6.45) is -1.43. The number of nitrogens with zero attached hydrogens (tertiary/aromatic N) is 4. The minimum absolute atomic E-state index is 0.143. The fraction of sp³-hybridized carbons (Fsp3) is 0.600. The number of hydrogen-bond acceptors (Lipinski definition) is 5. The van der Waals surface area contributed by atoms with Crippen LogP contribution in [0.25, 0.3) is 0 Å². The Balaban J connectivity index is 2.56. The van der Waals surface area contributed by atoms with Crippen molar-refractivity contribution in [2.24, 2.45) is 10.9 Å². The van der Waals surface area contributed by atoms with Gasteiger partial charge in [-0.25, -0.2) is 14.4 Å². The second kappa shape index (κ2) is 10.4. The number of amidine groups is 1. The number of aliphatic imine (C=N–C) groups is 1. The summed E-state index contributed by atoms with van der Waals surface area (Å²) in [4.78, 5) is 47.2. The molecule has 0 spiro atoms. The molecule has 1 aromatic carbocycles. The van der Waals surface area contributed by atoms with Crippen LogP contribution >= 0.6 is 0 Å². The standard InChI is InChI=1S/C25H38N4O5/c1-17-11-10-12-18(13-17)14-29(23(32)34-25(5,6)7)20(26-21(30)33-24(2,3)4)19-15-27(8)22(31)28(9)16-19/h10-13,19H,14-16H2,1-9H3. The number of ether oxygens (including phenoxy) is 2. The Bertz CT molecular complexity index is 931.